The van der Waals surface area contributed by atoms with E-state index in [9.17, 15) is 4.39 Å². The maximum Gasteiger partial charge on any atom is 0.112 e. The van der Waals surface area contributed by atoms with Gasteiger partial charge >= 0.3 is 0 Å². The molecule has 0 aromatic rings. The fourth-order valence-electron chi connectivity index (χ4n) is 0.637. The van der Waals surface area contributed by atoms with Crippen LogP contribution in [0.5, 0.6) is 0 Å². The Bertz CT molecular complexity index is 69.0. The summed E-state index contributed by atoms with van der Waals surface area (Å²) in [5, 5.41) is 2.86. The van der Waals surface area contributed by atoms with Gasteiger partial charge in [-0.25, -0.2) is 4.39 Å². The smallest absolute Gasteiger partial charge is 0.112 e. The summed E-state index contributed by atoms with van der Waals surface area (Å²) < 4.78 is 16.8. The molecule has 0 aromatic carbocycles. The third kappa shape index (κ3) is 0.717. The van der Waals surface area contributed by atoms with Crippen LogP contribution in [0.25, 0.3) is 0 Å². The molecule has 0 unspecified atom stereocenters. The standard InChI is InChI=1S/C5H10FNO/c1-7-5(2-6)3-8-4-5/h7H,2-4H2,1H3. The minimum Gasteiger partial charge on any atom is -0.377 e. The first-order valence-electron chi connectivity index (χ1n) is 2.66. The van der Waals surface area contributed by atoms with Crippen LogP contribution in [0, 0.1) is 0 Å². The molecule has 0 saturated carbocycles. The van der Waals surface area contributed by atoms with E-state index in [0.29, 0.717) is 13.2 Å². The van der Waals surface area contributed by atoms with Gasteiger partial charge in [-0.2, -0.15) is 0 Å². The molecule has 0 aliphatic carbocycles. The minimum atomic E-state index is -0.333. The van der Waals surface area contributed by atoms with Crippen LogP contribution in [0.3, 0.4) is 0 Å². The molecule has 1 N–H and O–H groups in total. The summed E-state index contributed by atoms with van der Waals surface area (Å²) in [6.45, 7) is 0.698. The molecule has 0 aromatic heterocycles. The molecule has 8 heavy (non-hydrogen) atoms. The van der Waals surface area contributed by atoms with Gasteiger partial charge in [-0.1, -0.05) is 0 Å². The van der Waals surface area contributed by atoms with Crippen LogP contribution < -0.4 is 5.32 Å². The average molecular weight is 119 g/mol. The SMILES string of the molecule is CNC1(CF)COC1. The molecule has 1 saturated heterocycles. The van der Waals surface area contributed by atoms with E-state index in [1.54, 1.807) is 7.05 Å². The third-order valence-electron chi connectivity index (χ3n) is 1.54. The molecule has 1 aliphatic heterocycles. The first-order chi connectivity index (χ1) is 3.83. The van der Waals surface area contributed by atoms with Crippen LogP contribution in [0.4, 0.5) is 4.39 Å². The highest BCUT2D eigenvalue weighted by molar-refractivity contribution is 4.92. The van der Waals surface area contributed by atoms with Crippen molar-refractivity contribution in [2.75, 3.05) is 26.9 Å². The van der Waals surface area contributed by atoms with Gasteiger partial charge in [0.25, 0.3) is 0 Å². The molecule has 0 atom stereocenters. The molecule has 48 valence electrons. The van der Waals surface area contributed by atoms with Crippen molar-refractivity contribution < 1.29 is 9.13 Å². The zero-order valence-electron chi connectivity index (χ0n) is 4.91. The molecule has 1 rings (SSSR count). The van der Waals surface area contributed by atoms with Crippen molar-refractivity contribution in [3.63, 3.8) is 0 Å². The number of hydrogen-bond acceptors (Lipinski definition) is 2. The zero-order chi connectivity index (χ0) is 6.04. The van der Waals surface area contributed by atoms with Gasteiger partial charge in [0.15, 0.2) is 0 Å². The predicted molar refractivity (Wildman–Crippen MR) is 28.6 cm³/mol. The lowest BCUT2D eigenvalue weighted by Crippen LogP contribution is -2.60. The molecule has 1 aliphatic rings. The second-order valence-corrected chi connectivity index (χ2v) is 2.16. The summed E-state index contributed by atoms with van der Waals surface area (Å²) in [4.78, 5) is 0. The molecule has 0 radical (unpaired) electrons. The number of likely N-dealkylation sites (N-methyl/N-ethyl adjacent to an activating group) is 1. The summed E-state index contributed by atoms with van der Waals surface area (Å²) in [5.41, 5.74) is -0.333. The number of hydrogen-bond donors (Lipinski definition) is 1. The number of ether oxygens (including phenoxy) is 1. The minimum absolute atomic E-state index is 0.330. The van der Waals surface area contributed by atoms with E-state index in [1.165, 1.54) is 0 Å². The van der Waals surface area contributed by atoms with Crippen LogP contribution in [0.15, 0.2) is 0 Å². The maximum atomic E-state index is 12.0. The van der Waals surface area contributed by atoms with Crippen molar-refractivity contribution in [1.29, 1.82) is 0 Å². The lowest BCUT2D eigenvalue weighted by atomic mass is 10.0. The molecule has 1 heterocycles. The summed E-state index contributed by atoms with van der Waals surface area (Å²) in [7, 11) is 1.75. The van der Waals surface area contributed by atoms with Crippen molar-refractivity contribution in [1.82, 2.24) is 5.32 Å². The summed E-state index contributed by atoms with van der Waals surface area (Å²) in [5.74, 6) is 0. The monoisotopic (exact) mass is 119 g/mol. The van der Waals surface area contributed by atoms with Crippen molar-refractivity contribution in [3.8, 4) is 0 Å². The molecule has 3 heteroatoms. The van der Waals surface area contributed by atoms with Gasteiger partial charge in [-0.3, -0.25) is 0 Å². The molecule has 0 spiro atoms. The Morgan fingerprint density at radius 3 is 2.38 bits per heavy atom. The van der Waals surface area contributed by atoms with Crippen LogP contribution in [-0.4, -0.2) is 32.5 Å². The lowest BCUT2D eigenvalue weighted by molar-refractivity contribution is -0.0805. The zero-order valence-corrected chi connectivity index (χ0v) is 4.91. The number of nitrogens with one attached hydrogen (secondary N) is 1. The molecule has 0 amide bonds. The summed E-state index contributed by atoms with van der Waals surface area (Å²) in [6.07, 6.45) is 0. The van der Waals surface area contributed by atoms with Crippen molar-refractivity contribution in [3.05, 3.63) is 0 Å². The van der Waals surface area contributed by atoms with Gasteiger partial charge in [0.2, 0.25) is 0 Å². The first kappa shape index (κ1) is 5.98. The largest absolute Gasteiger partial charge is 0.377 e. The van der Waals surface area contributed by atoms with Crippen LogP contribution in [-0.2, 0) is 4.74 Å². The van der Waals surface area contributed by atoms with E-state index in [0.717, 1.165) is 0 Å². The van der Waals surface area contributed by atoms with Crippen LogP contribution >= 0.6 is 0 Å². The van der Waals surface area contributed by atoms with E-state index < -0.39 is 0 Å². The Labute approximate surface area is 48.0 Å². The number of alkyl halides is 1. The Morgan fingerprint density at radius 2 is 2.38 bits per heavy atom. The average Bonchev–Trinajstić information content (AvgIpc) is 1.67. The van der Waals surface area contributed by atoms with Gasteiger partial charge in [-0.15, -0.1) is 0 Å². The van der Waals surface area contributed by atoms with Gasteiger partial charge in [0.1, 0.15) is 6.67 Å². The highest BCUT2D eigenvalue weighted by atomic mass is 19.1. The molecular weight excluding hydrogens is 109 g/mol. The van der Waals surface area contributed by atoms with Gasteiger partial charge in [-0.05, 0) is 7.05 Å². The Balaban J connectivity index is 2.33. The van der Waals surface area contributed by atoms with Gasteiger partial charge in [0, 0.05) is 0 Å². The fraction of sp³-hybridized carbons (Fsp3) is 1.00. The van der Waals surface area contributed by atoms with Crippen molar-refractivity contribution in [2.45, 2.75) is 5.54 Å². The fourth-order valence-corrected chi connectivity index (χ4v) is 0.637. The Hall–Kier alpha value is -0.150. The Kier molecular flexibility index (Phi) is 1.49. The predicted octanol–water partition coefficient (Wildman–Crippen LogP) is -0.0557. The Morgan fingerprint density at radius 1 is 1.75 bits per heavy atom. The highest BCUT2D eigenvalue weighted by Crippen LogP contribution is 2.15. The van der Waals surface area contributed by atoms with Gasteiger partial charge in [0.05, 0.1) is 18.8 Å². The second kappa shape index (κ2) is 1.99. The van der Waals surface area contributed by atoms with Crippen molar-refractivity contribution >= 4 is 0 Å². The normalized spacial score (nSPS) is 24.8. The number of rotatable bonds is 2. The third-order valence-corrected chi connectivity index (χ3v) is 1.54. The first-order valence-corrected chi connectivity index (χ1v) is 2.66. The molecular formula is C5H10FNO. The van der Waals surface area contributed by atoms with E-state index in [4.69, 9.17) is 4.74 Å². The van der Waals surface area contributed by atoms with E-state index in [1.807, 2.05) is 0 Å². The van der Waals surface area contributed by atoms with Crippen LogP contribution in [0.1, 0.15) is 0 Å². The topological polar surface area (TPSA) is 21.3 Å². The number of halogens is 1. The molecule has 1 fully saturated rings. The lowest BCUT2D eigenvalue weighted by Gasteiger charge is -2.38. The highest BCUT2D eigenvalue weighted by Gasteiger charge is 2.36. The van der Waals surface area contributed by atoms with E-state index >= 15 is 0 Å². The quantitative estimate of drug-likeness (QED) is 0.550. The van der Waals surface area contributed by atoms with E-state index in [-0.39, 0.29) is 12.2 Å². The van der Waals surface area contributed by atoms with E-state index in [2.05, 4.69) is 5.32 Å². The molecule has 0 bridgehead atoms. The summed E-state index contributed by atoms with van der Waals surface area (Å²) >= 11 is 0. The van der Waals surface area contributed by atoms with Crippen molar-refractivity contribution in [2.24, 2.45) is 0 Å². The maximum absolute atomic E-state index is 12.0. The van der Waals surface area contributed by atoms with Gasteiger partial charge < -0.3 is 10.1 Å². The van der Waals surface area contributed by atoms with Crippen LogP contribution in [0.2, 0.25) is 0 Å². The molecule has 2 nitrogen and oxygen atoms in total. The summed E-state index contributed by atoms with van der Waals surface area (Å²) in [6, 6.07) is 0. The second-order valence-electron chi connectivity index (χ2n) is 2.16.